The molecule has 0 aliphatic rings. The van der Waals surface area contributed by atoms with Gasteiger partial charge in [0.25, 0.3) is 0 Å². The minimum Gasteiger partial charge on any atom is -0.759 e. The first-order valence-electron chi connectivity index (χ1n) is 1.69. The van der Waals surface area contributed by atoms with Crippen molar-refractivity contribution < 1.29 is 60.4 Å². The van der Waals surface area contributed by atoms with Crippen LogP contribution in [0.3, 0.4) is 0 Å². The van der Waals surface area contributed by atoms with E-state index in [-0.39, 0.29) is 44.3 Å². The first-order chi connectivity index (χ1) is 3.41. The van der Waals surface area contributed by atoms with Gasteiger partial charge in [0.05, 0.1) is 0 Å². The monoisotopic (exact) mass is 156 g/mol. The van der Waals surface area contributed by atoms with Crippen LogP contribution in [0.2, 0.25) is 0 Å². The van der Waals surface area contributed by atoms with Gasteiger partial charge < -0.3 is 14.2 Å². The SMILES string of the molecule is CCO.O=S(=O)([O-])[O-].[Li+].[Li+]. The molecular formula is C2H6Li2O5S. The van der Waals surface area contributed by atoms with Crippen molar-refractivity contribution in [3.63, 3.8) is 0 Å². The largest absolute Gasteiger partial charge is 1.00 e. The zero-order valence-corrected chi connectivity index (χ0v) is 7.01. The summed E-state index contributed by atoms with van der Waals surface area (Å²) in [6.07, 6.45) is 0. The van der Waals surface area contributed by atoms with E-state index in [0.717, 1.165) is 0 Å². The molecule has 5 nitrogen and oxygen atoms in total. The molecule has 0 saturated heterocycles. The van der Waals surface area contributed by atoms with Crippen LogP contribution in [-0.4, -0.2) is 29.2 Å². The van der Waals surface area contributed by atoms with Crippen LogP contribution in [0.25, 0.3) is 0 Å². The van der Waals surface area contributed by atoms with Crippen LogP contribution in [-0.2, 0) is 10.4 Å². The molecule has 0 unspecified atom stereocenters. The molecule has 0 aliphatic heterocycles. The quantitative estimate of drug-likeness (QED) is 0.213. The van der Waals surface area contributed by atoms with E-state index in [9.17, 15) is 0 Å². The summed E-state index contributed by atoms with van der Waals surface area (Å²) in [7, 11) is -5.17. The second-order valence-electron chi connectivity index (χ2n) is 0.724. The minimum atomic E-state index is -5.17. The van der Waals surface area contributed by atoms with E-state index in [1.807, 2.05) is 0 Å². The molecule has 0 spiro atoms. The van der Waals surface area contributed by atoms with Gasteiger partial charge in [-0.1, -0.05) is 0 Å². The van der Waals surface area contributed by atoms with Gasteiger partial charge in [-0.3, -0.25) is 8.42 Å². The van der Waals surface area contributed by atoms with Crippen molar-refractivity contribution in [3.05, 3.63) is 0 Å². The van der Waals surface area contributed by atoms with Gasteiger partial charge in [0.2, 0.25) is 0 Å². The molecule has 0 aliphatic carbocycles. The van der Waals surface area contributed by atoms with Gasteiger partial charge in [-0.2, -0.15) is 0 Å². The fourth-order valence-corrected chi connectivity index (χ4v) is 0. The van der Waals surface area contributed by atoms with Gasteiger partial charge in [-0.25, -0.2) is 0 Å². The van der Waals surface area contributed by atoms with Gasteiger partial charge in [-0.05, 0) is 6.92 Å². The van der Waals surface area contributed by atoms with E-state index in [1.165, 1.54) is 0 Å². The Hall–Kier alpha value is 1.02. The second kappa shape index (κ2) is 12.7. The van der Waals surface area contributed by atoms with Crippen molar-refractivity contribution in [1.82, 2.24) is 0 Å². The van der Waals surface area contributed by atoms with E-state index >= 15 is 0 Å². The number of aliphatic hydroxyl groups is 1. The third kappa shape index (κ3) is 553. The Labute approximate surface area is 84.1 Å². The maximum atomic E-state index is 8.52. The fraction of sp³-hybridized carbons (Fsp3) is 1.00. The number of aliphatic hydroxyl groups excluding tert-OH is 1. The van der Waals surface area contributed by atoms with Crippen molar-refractivity contribution in [2.75, 3.05) is 6.61 Å². The molecule has 8 heteroatoms. The van der Waals surface area contributed by atoms with Crippen molar-refractivity contribution in [3.8, 4) is 0 Å². The Balaban J connectivity index is -0.0000000326. The summed E-state index contributed by atoms with van der Waals surface area (Å²) in [6.45, 7) is 1.93. The zero-order valence-electron chi connectivity index (χ0n) is 6.20. The van der Waals surface area contributed by atoms with Crippen LogP contribution in [0.5, 0.6) is 0 Å². The molecule has 10 heavy (non-hydrogen) atoms. The van der Waals surface area contributed by atoms with Crippen LogP contribution in [0, 0.1) is 0 Å². The second-order valence-corrected chi connectivity index (χ2v) is 1.54. The summed E-state index contributed by atoms with van der Waals surface area (Å²) in [5.74, 6) is 0. The van der Waals surface area contributed by atoms with Crippen LogP contribution in [0.1, 0.15) is 6.92 Å². The van der Waals surface area contributed by atoms with Gasteiger partial charge in [0, 0.05) is 17.0 Å². The molecule has 52 valence electrons. The maximum absolute atomic E-state index is 8.52. The molecule has 0 atom stereocenters. The van der Waals surface area contributed by atoms with Gasteiger partial charge in [0.15, 0.2) is 0 Å². The minimum absolute atomic E-state index is 0. The van der Waals surface area contributed by atoms with Crippen LogP contribution in [0.15, 0.2) is 0 Å². The average molecular weight is 156 g/mol. The molecule has 0 rings (SSSR count). The summed E-state index contributed by atoms with van der Waals surface area (Å²) < 4.78 is 34.1. The third-order valence-electron chi connectivity index (χ3n) is 0. The van der Waals surface area contributed by atoms with Crippen LogP contribution in [0.4, 0.5) is 0 Å². The van der Waals surface area contributed by atoms with Crippen molar-refractivity contribution in [2.45, 2.75) is 6.92 Å². The van der Waals surface area contributed by atoms with Gasteiger partial charge >= 0.3 is 37.7 Å². The Morgan fingerprint density at radius 3 is 1.30 bits per heavy atom. The molecule has 0 saturated carbocycles. The van der Waals surface area contributed by atoms with Gasteiger partial charge in [0.1, 0.15) is 0 Å². The molecule has 0 aromatic rings. The smallest absolute Gasteiger partial charge is 0.759 e. The number of hydrogen-bond acceptors (Lipinski definition) is 5. The Morgan fingerprint density at radius 2 is 1.30 bits per heavy atom. The van der Waals surface area contributed by atoms with Crippen molar-refractivity contribution >= 4 is 10.4 Å². The summed E-state index contributed by atoms with van der Waals surface area (Å²) >= 11 is 0. The predicted octanol–water partition coefficient (Wildman–Crippen LogP) is -7.33. The van der Waals surface area contributed by atoms with E-state index < -0.39 is 10.4 Å². The first-order valence-corrected chi connectivity index (χ1v) is 3.02. The molecule has 0 fully saturated rings. The predicted molar refractivity (Wildman–Crippen MR) is 23.2 cm³/mol. The summed E-state index contributed by atoms with van der Waals surface area (Å²) in [6, 6.07) is 0. The number of hydrogen-bond donors (Lipinski definition) is 1. The molecule has 1 N–H and O–H groups in total. The molecule has 0 amide bonds. The molecule has 0 heterocycles. The van der Waals surface area contributed by atoms with Crippen LogP contribution >= 0.6 is 0 Å². The molecular weight excluding hydrogens is 150 g/mol. The Morgan fingerprint density at radius 1 is 1.30 bits per heavy atom. The van der Waals surface area contributed by atoms with E-state index in [4.69, 9.17) is 22.6 Å². The average Bonchev–Trinajstić information content (AvgIpc) is 1.27. The summed E-state index contributed by atoms with van der Waals surface area (Å²) in [5, 5.41) is 7.57. The zero-order chi connectivity index (χ0) is 7.21. The third-order valence-corrected chi connectivity index (χ3v) is 0. The maximum Gasteiger partial charge on any atom is 1.00 e. The summed E-state index contributed by atoms with van der Waals surface area (Å²) in [4.78, 5) is 0. The topological polar surface area (TPSA) is 100 Å². The van der Waals surface area contributed by atoms with Crippen molar-refractivity contribution in [2.24, 2.45) is 0 Å². The number of rotatable bonds is 0. The first kappa shape index (κ1) is 22.5. The molecule has 0 aromatic heterocycles. The van der Waals surface area contributed by atoms with E-state index in [0.29, 0.717) is 0 Å². The Kier molecular flexibility index (Phi) is 28.5. The van der Waals surface area contributed by atoms with Crippen molar-refractivity contribution in [1.29, 1.82) is 0 Å². The van der Waals surface area contributed by atoms with Gasteiger partial charge in [-0.15, -0.1) is 0 Å². The molecule has 0 bridgehead atoms. The fourth-order valence-electron chi connectivity index (χ4n) is 0. The molecule has 0 aromatic carbocycles. The van der Waals surface area contributed by atoms with Crippen LogP contribution < -0.4 is 37.7 Å². The molecule has 0 radical (unpaired) electrons. The van der Waals surface area contributed by atoms with E-state index in [2.05, 4.69) is 0 Å². The Bertz CT molecular complexity index is 112. The standard InChI is InChI=1S/C2H6O.2Li.H2O4S/c1-2-3;;;1-5(2,3)4/h3H,2H2,1H3;;;(H2,1,2,3,4)/q;2*+1;/p-2. The van der Waals surface area contributed by atoms with E-state index in [1.54, 1.807) is 6.92 Å². The summed E-state index contributed by atoms with van der Waals surface area (Å²) in [5.41, 5.74) is 0. The normalized spacial score (nSPS) is 7.60.